The molecular formula is C35H34FN5O2S. The summed E-state index contributed by atoms with van der Waals surface area (Å²) in [5, 5.41) is 8.11. The number of hydrogen-bond acceptors (Lipinski definition) is 6. The topological polar surface area (TPSA) is 63.5 Å². The van der Waals surface area contributed by atoms with Gasteiger partial charge in [-0.3, -0.25) is 14.4 Å². The monoisotopic (exact) mass is 607 g/mol. The molecule has 0 N–H and O–H groups in total. The lowest BCUT2D eigenvalue weighted by Crippen LogP contribution is -2.37. The first-order chi connectivity index (χ1) is 21.3. The Balaban J connectivity index is 1.42. The Bertz CT molecular complexity index is 1930. The van der Waals surface area contributed by atoms with Crippen molar-refractivity contribution in [1.29, 1.82) is 0 Å². The number of fused-ring (bicyclic) bond motifs is 3. The summed E-state index contributed by atoms with van der Waals surface area (Å²) >= 11 is 1.63. The van der Waals surface area contributed by atoms with Crippen molar-refractivity contribution in [2.45, 2.75) is 45.9 Å². The first-order valence-corrected chi connectivity index (χ1v) is 15.8. The number of halogens is 1. The predicted octanol–water partition coefficient (Wildman–Crippen LogP) is 6.94. The third-order valence-corrected chi connectivity index (χ3v) is 9.75. The van der Waals surface area contributed by atoms with Gasteiger partial charge in [0.25, 0.3) is 0 Å². The summed E-state index contributed by atoms with van der Waals surface area (Å²) in [4.78, 5) is 22.0. The molecule has 7 nitrogen and oxygen atoms in total. The van der Waals surface area contributed by atoms with Gasteiger partial charge in [0.15, 0.2) is 0 Å². The molecule has 2 aromatic carbocycles. The van der Waals surface area contributed by atoms with Gasteiger partial charge in [0.05, 0.1) is 31.6 Å². The van der Waals surface area contributed by atoms with Crippen LogP contribution in [0, 0.1) is 5.82 Å². The molecule has 5 aromatic rings. The molecule has 0 spiro atoms. The van der Waals surface area contributed by atoms with E-state index in [1.54, 1.807) is 29.4 Å². The van der Waals surface area contributed by atoms with Crippen molar-refractivity contribution in [3.05, 3.63) is 89.2 Å². The van der Waals surface area contributed by atoms with E-state index in [0.29, 0.717) is 42.8 Å². The molecule has 7 rings (SSSR count). The van der Waals surface area contributed by atoms with E-state index in [-0.39, 0.29) is 11.7 Å². The number of methoxy groups -OCH3 is 1. The van der Waals surface area contributed by atoms with Crippen LogP contribution in [0.3, 0.4) is 0 Å². The molecule has 1 amide bonds. The number of nitrogens with zero attached hydrogens (tertiary/aromatic N) is 5. The van der Waals surface area contributed by atoms with E-state index in [0.717, 1.165) is 57.7 Å². The molecule has 0 unspecified atom stereocenters. The second-order valence-electron chi connectivity index (χ2n) is 11.7. The molecule has 9 heteroatoms. The van der Waals surface area contributed by atoms with Gasteiger partial charge < -0.3 is 9.64 Å². The number of ether oxygens (including phenoxy) is 1. The Labute approximate surface area is 260 Å². The van der Waals surface area contributed by atoms with Crippen LogP contribution in [0.4, 0.5) is 4.39 Å². The van der Waals surface area contributed by atoms with Crippen molar-refractivity contribution in [1.82, 2.24) is 24.6 Å². The summed E-state index contributed by atoms with van der Waals surface area (Å²) in [6.45, 7) is 11.7. The minimum Gasteiger partial charge on any atom is -0.496 e. The van der Waals surface area contributed by atoms with Crippen LogP contribution >= 0.6 is 11.3 Å². The van der Waals surface area contributed by atoms with Gasteiger partial charge in [0.1, 0.15) is 23.0 Å². The van der Waals surface area contributed by atoms with Gasteiger partial charge in [0, 0.05) is 58.5 Å². The zero-order valence-electron chi connectivity index (χ0n) is 25.1. The van der Waals surface area contributed by atoms with Crippen molar-refractivity contribution < 1.29 is 13.9 Å². The lowest BCUT2D eigenvalue weighted by atomic mass is 9.93. The summed E-state index contributed by atoms with van der Waals surface area (Å²) in [5.41, 5.74) is 8.63. The number of amides is 1. The van der Waals surface area contributed by atoms with Crippen LogP contribution in [-0.2, 0) is 30.8 Å². The Morgan fingerprint density at radius 2 is 1.91 bits per heavy atom. The van der Waals surface area contributed by atoms with Crippen LogP contribution in [-0.4, -0.2) is 56.7 Å². The minimum absolute atomic E-state index is 0.0971. The number of carbonyl (C=O) groups is 1. The van der Waals surface area contributed by atoms with Gasteiger partial charge in [-0.15, -0.1) is 11.3 Å². The third kappa shape index (κ3) is 4.90. The highest BCUT2D eigenvalue weighted by Crippen LogP contribution is 2.46. The number of pyridine rings is 1. The molecular weight excluding hydrogens is 573 g/mol. The fourth-order valence-corrected chi connectivity index (χ4v) is 7.37. The van der Waals surface area contributed by atoms with Crippen LogP contribution in [0.25, 0.3) is 43.9 Å². The van der Waals surface area contributed by atoms with E-state index in [4.69, 9.17) is 14.8 Å². The first-order valence-electron chi connectivity index (χ1n) is 14.9. The number of aromatic nitrogens is 3. The lowest BCUT2D eigenvalue weighted by Gasteiger charge is -2.32. The standard InChI is InChI=1S/C35H34FN5O2S/c1-5-31(42)40-13-14-41-26(20-40)18-29(38-41)34-32(27-9-8-25(36)17-30(27)43-4)35-28(11-15-44-35)33(37-34)23-6-7-24-19-39(21(2)3)12-10-22(24)16-23/h5-9,11,15-18,21H,1,10,12-14,19-20H2,2-4H3. The molecule has 2 aliphatic heterocycles. The fourth-order valence-electron chi connectivity index (χ4n) is 6.41. The largest absolute Gasteiger partial charge is 0.496 e. The third-order valence-electron chi connectivity index (χ3n) is 8.82. The molecule has 0 bridgehead atoms. The van der Waals surface area contributed by atoms with E-state index in [9.17, 15) is 9.18 Å². The summed E-state index contributed by atoms with van der Waals surface area (Å²) in [5.74, 6) is -0.0283. The Morgan fingerprint density at radius 3 is 2.70 bits per heavy atom. The summed E-state index contributed by atoms with van der Waals surface area (Å²) in [7, 11) is 1.55. The highest BCUT2D eigenvalue weighted by atomic mass is 32.1. The van der Waals surface area contributed by atoms with Gasteiger partial charge in [-0.25, -0.2) is 9.37 Å². The molecule has 5 heterocycles. The van der Waals surface area contributed by atoms with Crippen LogP contribution in [0.15, 0.2) is 66.6 Å². The maximum absolute atomic E-state index is 14.4. The van der Waals surface area contributed by atoms with Crippen molar-refractivity contribution in [3.63, 3.8) is 0 Å². The van der Waals surface area contributed by atoms with Crippen LogP contribution in [0.1, 0.15) is 30.7 Å². The van der Waals surface area contributed by atoms with E-state index in [1.165, 1.54) is 29.3 Å². The van der Waals surface area contributed by atoms with Crippen molar-refractivity contribution in [2.75, 3.05) is 20.2 Å². The maximum Gasteiger partial charge on any atom is 0.246 e. The average Bonchev–Trinajstić information content (AvgIpc) is 3.70. The Kier molecular flexibility index (Phi) is 7.30. The van der Waals surface area contributed by atoms with E-state index in [2.05, 4.69) is 55.0 Å². The summed E-state index contributed by atoms with van der Waals surface area (Å²) in [6.07, 6.45) is 2.35. The molecule has 0 fully saturated rings. The molecule has 0 saturated heterocycles. The van der Waals surface area contributed by atoms with Gasteiger partial charge in [-0.1, -0.05) is 18.7 Å². The van der Waals surface area contributed by atoms with Crippen LogP contribution in [0.5, 0.6) is 5.75 Å². The normalized spacial score (nSPS) is 15.0. The molecule has 224 valence electrons. The quantitative estimate of drug-likeness (QED) is 0.196. The average molecular weight is 608 g/mol. The Hall–Kier alpha value is -4.34. The molecule has 0 radical (unpaired) electrons. The summed E-state index contributed by atoms with van der Waals surface area (Å²) in [6, 6.07) is 16.0. The molecule has 0 aliphatic carbocycles. The predicted molar refractivity (Wildman–Crippen MR) is 173 cm³/mol. The molecule has 3 aromatic heterocycles. The van der Waals surface area contributed by atoms with E-state index < -0.39 is 0 Å². The van der Waals surface area contributed by atoms with Crippen molar-refractivity contribution >= 4 is 27.3 Å². The number of carbonyl (C=O) groups excluding carboxylic acids is 1. The lowest BCUT2D eigenvalue weighted by molar-refractivity contribution is -0.127. The second-order valence-corrected chi connectivity index (χ2v) is 12.6. The highest BCUT2D eigenvalue weighted by Gasteiger charge is 2.27. The molecule has 0 saturated carbocycles. The number of hydrogen-bond donors (Lipinski definition) is 0. The van der Waals surface area contributed by atoms with E-state index >= 15 is 0 Å². The van der Waals surface area contributed by atoms with Crippen LogP contribution < -0.4 is 4.74 Å². The number of benzene rings is 2. The second kappa shape index (κ2) is 11.3. The SMILES string of the molecule is C=CC(=O)N1CCn2nc(-c3nc(-c4ccc5c(c4)CCN(C(C)C)C5)c4ccsc4c3-c3ccc(F)cc3OC)cc2C1. The zero-order valence-corrected chi connectivity index (χ0v) is 26.0. The minimum atomic E-state index is -0.367. The Morgan fingerprint density at radius 1 is 1.05 bits per heavy atom. The molecule has 2 aliphatic rings. The fraction of sp³-hybridized carbons (Fsp3) is 0.286. The zero-order chi connectivity index (χ0) is 30.5. The van der Waals surface area contributed by atoms with Gasteiger partial charge in [-0.2, -0.15) is 5.10 Å². The number of thiophene rings is 1. The number of rotatable bonds is 6. The van der Waals surface area contributed by atoms with Crippen molar-refractivity contribution in [3.8, 4) is 39.5 Å². The first kappa shape index (κ1) is 28.4. The molecule has 0 atom stereocenters. The van der Waals surface area contributed by atoms with Gasteiger partial charge in [0.2, 0.25) is 5.91 Å². The van der Waals surface area contributed by atoms with Crippen molar-refractivity contribution in [2.24, 2.45) is 0 Å². The smallest absolute Gasteiger partial charge is 0.246 e. The molecule has 44 heavy (non-hydrogen) atoms. The van der Waals surface area contributed by atoms with E-state index in [1.807, 2.05) is 10.7 Å². The highest BCUT2D eigenvalue weighted by molar-refractivity contribution is 7.18. The maximum atomic E-state index is 14.4. The van der Waals surface area contributed by atoms with Gasteiger partial charge in [-0.05, 0) is 73.2 Å². The summed E-state index contributed by atoms with van der Waals surface area (Å²) < 4.78 is 23.0. The van der Waals surface area contributed by atoms with Gasteiger partial charge >= 0.3 is 0 Å². The van der Waals surface area contributed by atoms with Crippen LogP contribution in [0.2, 0.25) is 0 Å².